The van der Waals surface area contributed by atoms with Crippen molar-refractivity contribution >= 4 is 37.3 Å². The third kappa shape index (κ3) is 7.24. The zero-order valence-corrected chi connectivity index (χ0v) is 35.1. The van der Waals surface area contributed by atoms with E-state index in [0.717, 1.165) is 17.0 Å². The number of aryl methyl sites for hydroxylation is 6. The van der Waals surface area contributed by atoms with Crippen molar-refractivity contribution in [3.8, 4) is 11.4 Å². The van der Waals surface area contributed by atoms with Gasteiger partial charge in [-0.1, -0.05) is 112 Å². The summed E-state index contributed by atoms with van der Waals surface area (Å²) in [6.07, 6.45) is 21.5. The first-order valence-corrected chi connectivity index (χ1v) is 25.7. The van der Waals surface area contributed by atoms with Crippen LogP contribution < -0.4 is 0 Å². The van der Waals surface area contributed by atoms with Crippen LogP contribution in [0.4, 0.5) is 0 Å². The van der Waals surface area contributed by atoms with Crippen LogP contribution in [-0.4, -0.2) is 26.1 Å². The number of para-hydroxylation sites is 2. The Morgan fingerprint density at radius 1 is 0.510 bits per heavy atom. The third-order valence-corrected chi connectivity index (χ3v) is 18.6. The molecule has 3 aromatic carbocycles. The fourth-order valence-electron chi connectivity index (χ4n) is 10.9. The molecule has 3 aliphatic rings. The third-order valence-electron chi connectivity index (χ3n) is 12.4. The first-order valence-electron chi connectivity index (χ1n) is 19.2. The Labute approximate surface area is 313 Å². The minimum absolute atomic E-state index is 0.346. The van der Waals surface area contributed by atoms with Crippen molar-refractivity contribution in [3.05, 3.63) is 87.1 Å². The normalized spacial score (nSPS) is 18.5. The van der Waals surface area contributed by atoms with Gasteiger partial charge in [0.25, 0.3) is 0 Å². The Hall–Kier alpha value is -1.24. The molecule has 4 aromatic rings. The summed E-state index contributed by atoms with van der Waals surface area (Å²) in [7, 11) is 9.71. The van der Waals surface area contributed by atoms with E-state index >= 15 is 0 Å². The van der Waals surface area contributed by atoms with E-state index in [4.69, 9.17) is 19.4 Å². The number of imidazole rings is 1. The SMILES string of the molecule is Cc1cc(C)c(-n2c(=P(C3CCCCC3)(C3CCCCC3)C3CCCCC3)n(-c3c(C)cc(C)cc3C)c3ccccc32)c(C)c1.[Cl][Ru][Cl]. The molecule has 0 spiro atoms. The van der Waals surface area contributed by atoms with Gasteiger partial charge in [0.2, 0.25) is 0 Å². The molecule has 0 unspecified atom stereocenters. The van der Waals surface area contributed by atoms with Crippen molar-refractivity contribution in [2.24, 2.45) is 0 Å². The van der Waals surface area contributed by atoms with E-state index in [-0.39, 0.29) is 15.1 Å². The van der Waals surface area contributed by atoms with Crippen molar-refractivity contribution in [2.45, 2.75) is 155 Å². The molecule has 0 atom stereocenters. The van der Waals surface area contributed by atoms with Gasteiger partial charge < -0.3 is 0 Å². The van der Waals surface area contributed by atoms with Gasteiger partial charge in [-0.2, -0.15) is 0 Å². The minimum atomic E-state index is -1.73. The van der Waals surface area contributed by atoms with Gasteiger partial charge in [0.15, 0.2) is 0 Å². The quantitative estimate of drug-likeness (QED) is 0.140. The predicted octanol–water partition coefficient (Wildman–Crippen LogP) is 14.2. The van der Waals surface area contributed by atoms with Crippen LogP contribution >= 0.6 is 26.3 Å². The van der Waals surface area contributed by atoms with Crippen LogP contribution in [-0.2, 0) is 15.1 Å². The zero-order valence-electron chi connectivity index (χ0n) is 30.9. The fourth-order valence-corrected chi connectivity index (χ4v) is 18.4. The number of halogens is 2. The van der Waals surface area contributed by atoms with Crippen molar-refractivity contribution in [1.82, 2.24) is 9.13 Å². The average molecular weight is 807 g/mol. The summed E-state index contributed by atoms with van der Waals surface area (Å²) < 4.78 is 5.84. The van der Waals surface area contributed by atoms with Crippen LogP contribution in [0.5, 0.6) is 0 Å². The van der Waals surface area contributed by atoms with Crippen LogP contribution in [0.25, 0.3) is 22.4 Å². The van der Waals surface area contributed by atoms with Crippen LogP contribution in [0, 0.1) is 46.7 Å². The molecule has 0 bridgehead atoms. The topological polar surface area (TPSA) is 9.86 Å². The van der Waals surface area contributed by atoms with Crippen LogP contribution in [0.2, 0.25) is 0 Å². The average Bonchev–Trinajstić information content (AvgIpc) is 3.40. The molecule has 2 nitrogen and oxygen atoms in total. The van der Waals surface area contributed by atoms with E-state index < -0.39 is 6.89 Å². The van der Waals surface area contributed by atoms with E-state index in [1.54, 1.807) is 5.20 Å². The van der Waals surface area contributed by atoms with E-state index in [0.29, 0.717) is 0 Å². The molecule has 0 saturated heterocycles. The molecule has 268 valence electrons. The van der Waals surface area contributed by atoms with Crippen molar-refractivity contribution in [3.63, 3.8) is 0 Å². The summed E-state index contributed by atoms with van der Waals surface area (Å²) >= 11 is -0.346. The number of fused-ring (bicyclic) bond motifs is 1. The molecule has 0 N–H and O–H groups in total. The molecule has 0 radical (unpaired) electrons. The van der Waals surface area contributed by atoms with E-state index in [1.165, 1.54) is 152 Å². The standard InChI is InChI=1S/C43H59N2P.2ClH.Ru/c1-30-26-32(3)41(33(4)27-30)44-39-24-16-17-25-40(39)45(42-34(5)28-31(2)29-35(42)6)43(44)46(36-18-10-7-11-19-36,37-20-12-8-13-21-37)38-22-14-9-15-23-38;;;/h16-17,24-29,36-38H,7-15,18-23H2,1-6H3;2*1H;/q;;;+2/p-2. The first-order chi connectivity index (χ1) is 23.7. The molecular formula is C43H59Cl2N2PRu. The zero-order chi connectivity index (χ0) is 34.7. The summed E-state index contributed by atoms with van der Waals surface area (Å²) in [5.74, 6) is 0. The molecule has 3 saturated carbocycles. The van der Waals surface area contributed by atoms with Crippen LogP contribution in [0.15, 0.2) is 48.5 Å². The van der Waals surface area contributed by atoms with E-state index in [1.807, 2.05) is 0 Å². The fraction of sp³-hybridized carbons (Fsp3) is 0.558. The molecule has 6 heteroatoms. The maximum atomic E-state index is 4.85. The maximum absolute atomic E-state index is 4.85. The van der Waals surface area contributed by atoms with Crippen molar-refractivity contribution in [1.29, 1.82) is 0 Å². The number of nitrogens with zero attached hydrogens (tertiary/aromatic N) is 2. The van der Waals surface area contributed by atoms with Gasteiger partial charge in [-0.05, 0) is 131 Å². The molecule has 7 rings (SSSR count). The molecule has 1 heterocycles. The van der Waals surface area contributed by atoms with Gasteiger partial charge in [0, 0.05) is 0 Å². The summed E-state index contributed by atoms with van der Waals surface area (Å²) in [4.78, 5) is 0. The van der Waals surface area contributed by atoms with E-state index in [2.05, 4.69) is 99.2 Å². The van der Waals surface area contributed by atoms with Gasteiger partial charge in [-0.3, -0.25) is 9.13 Å². The monoisotopic (exact) mass is 806 g/mol. The van der Waals surface area contributed by atoms with Gasteiger partial charge in [0.05, 0.1) is 22.4 Å². The Kier molecular flexibility index (Phi) is 12.7. The van der Waals surface area contributed by atoms with E-state index in [9.17, 15) is 0 Å². The van der Waals surface area contributed by atoms with Crippen LogP contribution in [0.1, 0.15) is 130 Å². The number of aromatic nitrogens is 2. The second-order valence-electron chi connectivity index (χ2n) is 15.7. The molecule has 3 fully saturated rings. The second kappa shape index (κ2) is 16.6. The number of benzene rings is 3. The summed E-state index contributed by atoms with van der Waals surface area (Å²) in [5.41, 5.74) is 16.8. The van der Waals surface area contributed by atoms with Crippen molar-refractivity contribution in [2.75, 3.05) is 0 Å². The van der Waals surface area contributed by atoms with Gasteiger partial charge in [-0.25, -0.2) is 0 Å². The molecule has 3 aliphatic carbocycles. The van der Waals surface area contributed by atoms with Gasteiger partial charge in [-0.15, -0.1) is 0 Å². The van der Waals surface area contributed by atoms with Crippen molar-refractivity contribution < 1.29 is 15.1 Å². The number of hydrogen-bond donors (Lipinski definition) is 0. The molecule has 0 amide bonds. The predicted molar refractivity (Wildman–Crippen MR) is 214 cm³/mol. The van der Waals surface area contributed by atoms with Gasteiger partial charge >= 0.3 is 34.5 Å². The Morgan fingerprint density at radius 3 is 1.08 bits per heavy atom. The number of rotatable bonds is 5. The first kappa shape index (κ1) is 37.5. The Balaban J connectivity index is 0.00000134. The molecule has 49 heavy (non-hydrogen) atoms. The molecule has 0 aliphatic heterocycles. The molecule has 1 aromatic heterocycles. The second-order valence-corrected chi connectivity index (χ2v) is 22.6. The van der Waals surface area contributed by atoms with Crippen LogP contribution in [0.3, 0.4) is 0 Å². The Morgan fingerprint density at radius 2 is 0.796 bits per heavy atom. The molecular weight excluding hydrogens is 747 g/mol. The summed E-state index contributed by atoms with van der Waals surface area (Å²) in [5, 5.41) is 1.75. The summed E-state index contributed by atoms with van der Waals surface area (Å²) in [6.45, 7) is 12.4. The number of hydrogen-bond acceptors (Lipinski definition) is 0. The Bertz CT molecular complexity index is 1660. The van der Waals surface area contributed by atoms with Gasteiger partial charge in [0.1, 0.15) is 5.20 Å². The summed E-state index contributed by atoms with van der Waals surface area (Å²) in [6, 6.07) is 19.4.